The van der Waals surface area contributed by atoms with Crippen LogP contribution in [0.1, 0.15) is 0 Å². The molecule has 0 saturated carbocycles. The van der Waals surface area contributed by atoms with Gasteiger partial charge in [0.15, 0.2) is 0 Å². The van der Waals surface area contributed by atoms with Gasteiger partial charge >= 0.3 is 6.09 Å². The molecule has 0 atom stereocenters. The van der Waals surface area contributed by atoms with Crippen molar-refractivity contribution in [2.24, 2.45) is 0 Å². The number of hydrogen-bond acceptors (Lipinski definition) is 4. The smallest absolute Gasteiger partial charge is 0.432 e. The summed E-state index contributed by atoms with van der Waals surface area (Å²) in [7, 11) is 0. The molecule has 0 aliphatic heterocycles. The molecule has 1 N–H and O–H groups in total. The average Bonchev–Trinajstić information content (AvgIpc) is 2.82. The van der Waals surface area contributed by atoms with Crippen molar-refractivity contribution in [3.63, 3.8) is 0 Å². The molecule has 68 valence electrons. The fraction of sp³-hybridized carbons (Fsp3) is 0. The summed E-state index contributed by atoms with van der Waals surface area (Å²) in [5, 5.41) is 13.5. The summed E-state index contributed by atoms with van der Waals surface area (Å²) in [4.78, 5) is 13.7. The van der Waals surface area contributed by atoms with Crippen molar-refractivity contribution in [1.29, 1.82) is 0 Å². The summed E-state index contributed by atoms with van der Waals surface area (Å²) in [6.07, 6.45) is 3.48. The number of thiazole rings is 1. The van der Waals surface area contributed by atoms with Crippen LogP contribution in [0.25, 0.3) is 0 Å². The van der Waals surface area contributed by atoms with E-state index < -0.39 is 6.09 Å². The largest absolute Gasteiger partial charge is 0.463 e. The Bertz CT molecular complexity index is 313. The van der Waals surface area contributed by atoms with Crippen LogP contribution in [0.5, 0.6) is 0 Å². The van der Waals surface area contributed by atoms with Gasteiger partial charge in [0.2, 0.25) is 0 Å². The molecule has 0 unspecified atom stereocenters. The number of carboxylic acid groups (broad SMARTS) is 1. The van der Waals surface area contributed by atoms with Gasteiger partial charge in [0.05, 0.1) is 5.51 Å². The van der Waals surface area contributed by atoms with Gasteiger partial charge in [-0.05, 0) is 6.07 Å². The van der Waals surface area contributed by atoms with Crippen molar-refractivity contribution in [2.75, 3.05) is 0 Å². The highest BCUT2D eigenvalue weighted by Crippen LogP contribution is 1.85. The van der Waals surface area contributed by atoms with Crippen molar-refractivity contribution in [2.45, 2.75) is 0 Å². The van der Waals surface area contributed by atoms with E-state index in [0.717, 1.165) is 4.68 Å². The quantitative estimate of drug-likeness (QED) is 0.695. The van der Waals surface area contributed by atoms with Gasteiger partial charge in [-0.1, -0.05) is 0 Å². The van der Waals surface area contributed by atoms with Crippen molar-refractivity contribution in [1.82, 2.24) is 14.8 Å². The van der Waals surface area contributed by atoms with E-state index in [9.17, 15) is 4.79 Å². The van der Waals surface area contributed by atoms with E-state index in [1.807, 2.05) is 5.38 Å². The zero-order chi connectivity index (χ0) is 9.52. The van der Waals surface area contributed by atoms with E-state index in [-0.39, 0.29) is 0 Å². The molecule has 2 aromatic rings. The third kappa shape index (κ3) is 3.48. The molecule has 13 heavy (non-hydrogen) atoms. The molecular formula is C7H7N3O2S. The molecule has 0 aliphatic rings. The summed E-state index contributed by atoms with van der Waals surface area (Å²) in [6.45, 7) is 0. The lowest BCUT2D eigenvalue weighted by Gasteiger charge is -1.85. The van der Waals surface area contributed by atoms with E-state index >= 15 is 0 Å². The van der Waals surface area contributed by atoms with Crippen LogP contribution in [-0.2, 0) is 0 Å². The Morgan fingerprint density at radius 2 is 2.31 bits per heavy atom. The average molecular weight is 197 g/mol. The van der Waals surface area contributed by atoms with Crippen LogP contribution in [0.15, 0.2) is 35.5 Å². The third-order valence-electron chi connectivity index (χ3n) is 1.05. The second kappa shape index (κ2) is 5.04. The summed E-state index contributed by atoms with van der Waals surface area (Å²) >= 11 is 1.60. The van der Waals surface area contributed by atoms with Crippen LogP contribution >= 0.6 is 11.3 Å². The topological polar surface area (TPSA) is 68.0 Å². The molecule has 0 aromatic carbocycles. The Labute approximate surface area is 78.3 Å². The van der Waals surface area contributed by atoms with Crippen LogP contribution in [0.3, 0.4) is 0 Å². The van der Waals surface area contributed by atoms with Gasteiger partial charge in [-0.3, -0.25) is 4.98 Å². The van der Waals surface area contributed by atoms with Gasteiger partial charge in [-0.25, -0.2) is 4.79 Å². The fourth-order valence-corrected chi connectivity index (χ4v) is 0.909. The molecule has 5 nitrogen and oxygen atoms in total. The number of aromatic nitrogens is 3. The summed E-state index contributed by atoms with van der Waals surface area (Å²) in [5.41, 5.74) is 1.79. The Hall–Kier alpha value is -1.69. The first-order chi connectivity index (χ1) is 6.30. The molecular weight excluding hydrogens is 190 g/mol. The molecule has 2 rings (SSSR count). The lowest BCUT2D eigenvalue weighted by atomic mass is 10.8. The maximum atomic E-state index is 9.96. The Kier molecular flexibility index (Phi) is 3.65. The van der Waals surface area contributed by atoms with Crippen molar-refractivity contribution < 1.29 is 9.90 Å². The van der Waals surface area contributed by atoms with E-state index in [4.69, 9.17) is 5.11 Å². The number of hydrogen-bond donors (Lipinski definition) is 1. The van der Waals surface area contributed by atoms with Gasteiger partial charge in [0, 0.05) is 24.0 Å². The number of carbonyl (C=O) groups is 1. The number of nitrogens with zero attached hydrogens (tertiary/aromatic N) is 3. The lowest BCUT2D eigenvalue weighted by molar-refractivity contribution is 0.192. The predicted octanol–water partition coefficient (Wildman–Crippen LogP) is 1.55. The first-order valence-electron chi connectivity index (χ1n) is 3.36. The highest BCUT2D eigenvalue weighted by Gasteiger charge is 1.94. The molecule has 2 aromatic heterocycles. The van der Waals surface area contributed by atoms with Gasteiger partial charge in [-0.2, -0.15) is 9.78 Å². The van der Waals surface area contributed by atoms with Crippen LogP contribution in [0.4, 0.5) is 4.79 Å². The minimum absolute atomic E-state index is 0.833. The molecule has 0 aliphatic carbocycles. The first-order valence-corrected chi connectivity index (χ1v) is 4.30. The van der Waals surface area contributed by atoms with Crippen LogP contribution in [0, 0.1) is 0 Å². The standard InChI is InChI=1S/C4H4N2O2.C3H3NS/c7-4(8)6-3-1-2-5-6;1-2-5-3-4-1/h1-3H,(H,7,8);1-3H. The number of rotatable bonds is 0. The van der Waals surface area contributed by atoms with Gasteiger partial charge < -0.3 is 5.11 Å². The molecule has 0 saturated heterocycles. The highest BCUT2D eigenvalue weighted by atomic mass is 32.1. The van der Waals surface area contributed by atoms with Crippen molar-refractivity contribution in [3.05, 3.63) is 35.5 Å². The van der Waals surface area contributed by atoms with E-state index in [1.54, 1.807) is 29.1 Å². The molecule has 0 radical (unpaired) electrons. The molecule has 0 spiro atoms. The van der Waals surface area contributed by atoms with Crippen molar-refractivity contribution in [3.8, 4) is 0 Å². The van der Waals surface area contributed by atoms with Crippen LogP contribution in [0.2, 0.25) is 0 Å². The predicted molar refractivity (Wildman–Crippen MR) is 47.8 cm³/mol. The second-order valence-electron chi connectivity index (χ2n) is 1.91. The zero-order valence-electron chi connectivity index (χ0n) is 6.57. The second-order valence-corrected chi connectivity index (χ2v) is 2.66. The zero-order valence-corrected chi connectivity index (χ0v) is 7.39. The molecule has 0 amide bonds. The summed E-state index contributed by atoms with van der Waals surface area (Å²) < 4.78 is 0.833. The van der Waals surface area contributed by atoms with Crippen molar-refractivity contribution >= 4 is 17.4 Å². The van der Waals surface area contributed by atoms with Gasteiger partial charge in [0.25, 0.3) is 0 Å². The van der Waals surface area contributed by atoms with Crippen LogP contribution < -0.4 is 0 Å². The molecule has 2 heterocycles. The first kappa shape index (κ1) is 9.40. The monoisotopic (exact) mass is 197 g/mol. The lowest BCUT2D eigenvalue weighted by Crippen LogP contribution is -2.07. The fourth-order valence-electron chi connectivity index (χ4n) is 0.558. The molecule has 0 bridgehead atoms. The normalized spacial score (nSPS) is 8.62. The molecule has 0 fully saturated rings. The van der Waals surface area contributed by atoms with Crippen LogP contribution in [-0.4, -0.2) is 26.0 Å². The SMILES string of the molecule is O=C(O)n1cccn1.c1cscn1. The Morgan fingerprint density at radius 1 is 1.46 bits per heavy atom. The van der Waals surface area contributed by atoms with Gasteiger partial charge in [-0.15, -0.1) is 11.3 Å². The maximum absolute atomic E-state index is 9.96. The molecule has 6 heteroatoms. The Balaban J connectivity index is 0.000000145. The summed E-state index contributed by atoms with van der Waals surface area (Å²) in [6, 6.07) is 1.55. The van der Waals surface area contributed by atoms with E-state index in [0.29, 0.717) is 0 Å². The summed E-state index contributed by atoms with van der Waals surface area (Å²) in [5.74, 6) is 0. The minimum Gasteiger partial charge on any atom is -0.463 e. The minimum atomic E-state index is -1.06. The van der Waals surface area contributed by atoms with E-state index in [1.165, 1.54) is 12.4 Å². The highest BCUT2D eigenvalue weighted by molar-refractivity contribution is 7.07. The van der Waals surface area contributed by atoms with E-state index in [2.05, 4.69) is 10.1 Å². The maximum Gasteiger partial charge on any atom is 0.432 e. The third-order valence-corrected chi connectivity index (χ3v) is 1.57. The van der Waals surface area contributed by atoms with Gasteiger partial charge in [0.1, 0.15) is 0 Å². The Morgan fingerprint density at radius 3 is 2.54 bits per heavy atom.